The van der Waals surface area contributed by atoms with Gasteiger partial charge in [-0.05, 0) is 36.2 Å². The number of anilines is 2. The summed E-state index contributed by atoms with van der Waals surface area (Å²) in [4.78, 5) is 13.2. The Hall–Kier alpha value is -3.87. The highest BCUT2D eigenvalue weighted by atomic mass is 16.5. The summed E-state index contributed by atoms with van der Waals surface area (Å²) in [5.41, 5.74) is 9.46. The lowest BCUT2D eigenvalue weighted by molar-refractivity contribution is 0.355. The average Bonchev–Trinajstić information content (AvgIpc) is 2.78. The van der Waals surface area contributed by atoms with Gasteiger partial charge in [0.2, 0.25) is 5.95 Å². The Morgan fingerprint density at radius 3 is 2.40 bits per heavy atom. The highest BCUT2D eigenvalue weighted by Gasteiger charge is 2.14. The molecule has 2 aromatic heterocycles. The van der Waals surface area contributed by atoms with Crippen LogP contribution in [0, 0.1) is 0 Å². The average molecular weight is 401 g/mol. The predicted octanol–water partition coefficient (Wildman–Crippen LogP) is 4.46. The number of methoxy groups -OCH3 is 2. The summed E-state index contributed by atoms with van der Waals surface area (Å²) < 4.78 is 10.8. The van der Waals surface area contributed by atoms with E-state index in [2.05, 4.69) is 39.3 Å². The van der Waals surface area contributed by atoms with E-state index in [9.17, 15) is 0 Å². The molecule has 0 saturated heterocycles. The Kier molecular flexibility index (Phi) is 5.34. The molecule has 7 heteroatoms. The number of ether oxygens (including phenoxy) is 2. The first-order valence-electron chi connectivity index (χ1n) is 9.56. The number of nitrogens with zero attached hydrogens (tertiary/aromatic N) is 3. The zero-order chi connectivity index (χ0) is 21.1. The van der Waals surface area contributed by atoms with Crippen molar-refractivity contribution in [2.24, 2.45) is 0 Å². The molecule has 3 N–H and O–H groups in total. The number of hydrogen-bond donors (Lipinski definition) is 2. The molecular formula is C23H23N5O2. The number of pyridine rings is 1. The highest BCUT2D eigenvalue weighted by molar-refractivity contribution is 5.91. The summed E-state index contributed by atoms with van der Waals surface area (Å²) in [6, 6.07) is 17.9. The van der Waals surface area contributed by atoms with Crippen LogP contribution >= 0.6 is 0 Å². The van der Waals surface area contributed by atoms with Crippen molar-refractivity contribution in [2.75, 3.05) is 25.3 Å². The van der Waals surface area contributed by atoms with Crippen LogP contribution in [0.25, 0.3) is 22.2 Å². The minimum absolute atomic E-state index is 0.0356. The summed E-state index contributed by atoms with van der Waals surface area (Å²) in [5.74, 6) is 2.14. The molecule has 152 valence electrons. The Bertz CT molecular complexity index is 1180. The molecule has 0 aliphatic carbocycles. The number of nitrogens with one attached hydrogen (secondary N) is 1. The molecule has 4 rings (SSSR count). The Morgan fingerprint density at radius 1 is 0.900 bits per heavy atom. The summed E-state index contributed by atoms with van der Waals surface area (Å²) >= 11 is 0. The molecule has 0 fully saturated rings. The number of nitrogen functional groups attached to an aromatic ring is 1. The van der Waals surface area contributed by atoms with Gasteiger partial charge in [0.15, 0.2) is 17.1 Å². The molecular weight excluding hydrogens is 378 g/mol. The van der Waals surface area contributed by atoms with Crippen LogP contribution in [0.3, 0.4) is 0 Å². The summed E-state index contributed by atoms with van der Waals surface area (Å²) in [6.45, 7) is 2.07. The van der Waals surface area contributed by atoms with Crippen molar-refractivity contribution in [3.63, 3.8) is 0 Å². The lowest BCUT2D eigenvalue weighted by Crippen LogP contribution is -2.10. The molecule has 1 unspecified atom stereocenters. The zero-order valence-corrected chi connectivity index (χ0v) is 17.1. The van der Waals surface area contributed by atoms with Crippen LogP contribution in [-0.4, -0.2) is 29.2 Å². The number of hydrogen-bond acceptors (Lipinski definition) is 7. The molecule has 7 nitrogen and oxygen atoms in total. The van der Waals surface area contributed by atoms with Gasteiger partial charge in [-0.15, -0.1) is 0 Å². The van der Waals surface area contributed by atoms with Crippen LogP contribution < -0.4 is 20.5 Å². The first-order chi connectivity index (χ1) is 14.6. The quantitative estimate of drug-likeness (QED) is 0.492. The largest absolute Gasteiger partial charge is 0.493 e. The highest BCUT2D eigenvalue weighted by Crippen LogP contribution is 2.34. The third kappa shape index (κ3) is 3.82. The fraction of sp³-hybridized carbons (Fsp3) is 0.174. The molecule has 2 heterocycles. The van der Waals surface area contributed by atoms with Crippen LogP contribution in [0.5, 0.6) is 11.5 Å². The molecule has 0 bridgehead atoms. The summed E-state index contributed by atoms with van der Waals surface area (Å²) in [7, 11) is 3.23. The smallest absolute Gasteiger partial charge is 0.224 e. The number of fused-ring (bicyclic) bond motifs is 1. The van der Waals surface area contributed by atoms with Crippen LogP contribution in [0.15, 0.2) is 60.8 Å². The normalized spacial score (nSPS) is 11.8. The van der Waals surface area contributed by atoms with Gasteiger partial charge in [0.1, 0.15) is 5.82 Å². The molecule has 0 aliphatic rings. The Morgan fingerprint density at radius 2 is 1.67 bits per heavy atom. The first kappa shape index (κ1) is 19.4. The molecule has 0 amide bonds. The molecule has 0 saturated carbocycles. The van der Waals surface area contributed by atoms with E-state index in [0.29, 0.717) is 23.0 Å². The second-order valence-corrected chi connectivity index (χ2v) is 6.87. The summed E-state index contributed by atoms with van der Waals surface area (Å²) in [6.07, 6.45) is 1.76. The second-order valence-electron chi connectivity index (χ2n) is 6.87. The van der Waals surface area contributed by atoms with E-state index in [0.717, 1.165) is 22.1 Å². The number of nitrogens with two attached hydrogens (primary N) is 1. The van der Waals surface area contributed by atoms with Crippen LogP contribution in [0.2, 0.25) is 0 Å². The maximum atomic E-state index is 5.93. The van der Waals surface area contributed by atoms with Gasteiger partial charge in [-0.1, -0.05) is 36.4 Å². The van der Waals surface area contributed by atoms with Gasteiger partial charge in [0.25, 0.3) is 0 Å². The third-order valence-corrected chi connectivity index (χ3v) is 4.94. The van der Waals surface area contributed by atoms with Crippen LogP contribution in [0.4, 0.5) is 11.8 Å². The van der Waals surface area contributed by atoms with Gasteiger partial charge >= 0.3 is 0 Å². The van der Waals surface area contributed by atoms with Gasteiger partial charge in [0.05, 0.1) is 19.6 Å². The lowest BCUT2D eigenvalue weighted by Gasteiger charge is -2.17. The van der Waals surface area contributed by atoms with Gasteiger partial charge in [-0.2, -0.15) is 9.97 Å². The van der Waals surface area contributed by atoms with E-state index in [-0.39, 0.29) is 12.0 Å². The van der Waals surface area contributed by atoms with Crippen molar-refractivity contribution in [3.05, 3.63) is 66.4 Å². The van der Waals surface area contributed by atoms with E-state index in [4.69, 9.17) is 15.2 Å². The van der Waals surface area contributed by atoms with E-state index in [1.54, 1.807) is 20.4 Å². The van der Waals surface area contributed by atoms with Gasteiger partial charge in [-0.3, -0.25) is 0 Å². The van der Waals surface area contributed by atoms with Crippen molar-refractivity contribution in [3.8, 4) is 22.6 Å². The second kappa shape index (κ2) is 8.24. The summed E-state index contributed by atoms with van der Waals surface area (Å²) in [5, 5.41) is 4.24. The first-order valence-corrected chi connectivity index (χ1v) is 9.56. The van der Waals surface area contributed by atoms with E-state index in [1.807, 2.05) is 42.5 Å². The third-order valence-electron chi connectivity index (χ3n) is 4.94. The monoisotopic (exact) mass is 401 g/mol. The Balaban J connectivity index is 1.77. The maximum Gasteiger partial charge on any atom is 0.224 e. The Labute approximate surface area is 174 Å². The number of benzene rings is 2. The minimum atomic E-state index is 0.0356. The minimum Gasteiger partial charge on any atom is -0.493 e. The van der Waals surface area contributed by atoms with Crippen LogP contribution in [0.1, 0.15) is 18.5 Å². The van der Waals surface area contributed by atoms with Gasteiger partial charge in [0, 0.05) is 17.8 Å². The van der Waals surface area contributed by atoms with Gasteiger partial charge in [-0.25, -0.2) is 4.98 Å². The molecule has 1 atom stereocenters. The fourth-order valence-electron chi connectivity index (χ4n) is 3.34. The number of rotatable bonds is 6. The molecule has 4 aromatic rings. The van der Waals surface area contributed by atoms with E-state index >= 15 is 0 Å². The topological polar surface area (TPSA) is 95.2 Å². The van der Waals surface area contributed by atoms with Crippen LogP contribution in [-0.2, 0) is 0 Å². The van der Waals surface area contributed by atoms with Crippen molar-refractivity contribution in [1.82, 2.24) is 15.0 Å². The van der Waals surface area contributed by atoms with E-state index < -0.39 is 0 Å². The van der Waals surface area contributed by atoms with Crippen molar-refractivity contribution in [2.45, 2.75) is 13.0 Å². The molecule has 0 radical (unpaired) electrons. The van der Waals surface area contributed by atoms with Crippen molar-refractivity contribution in [1.29, 1.82) is 0 Å². The predicted molar refractivity (Wildman–Crippen MR) is 119 cm³/mol. The van der Waals surface area contributed by atoms with E-state index in [1.165, 1.54) is 0 Å². The molecule has 0 aliphatic heterocycles. The standard InChI is InChI=1S/C23H23N5O2/c1-14(15-7-5-4-6-8-15)26-22-18-11-17(13-25-21(18)27-23(24)28-22)16-9-10-19(29-2)20(12-16)30-3/h4-14H,1-3H3,(H3,24,25,26,27,28). The maximum absolute atomic E-state index is 5.93. The van der Waals surface area contributed by atoms with Crippen molar-refractivity contribution < 1.29 is 9.47 Å². The van der Waals surface area contributed by atoms with Crippen molar-refractivity contribution >= 4 is 22.8 Å². The molecule has 2 aromatic carbocycles. The zero-order valence-electron chi connectivity index (χ0n) is 17.1. The lowest BCUT2D eigenvalue weighted by atomic mass is 10.1. The van der Waals surface area contributed by atoms with Gasteiger partial charge < -0.3 is 20.5 Å². The SMILES string of the molecule is COc1ccc(-c2cnc3nc(N)nc(NC(C)c4ccccc4)c3c2)cc1OC. The molecule has 30 heavy (non-hydrogen) atoms. The molecule has 0 spiro atoms. The fourth-order valence-corrected chi connectivity index (χ4v) is 3.34. The number of aromatic nitrogens is 3.